The molecule has 0 atom stereocenters. The molecule has 3 aromatic rings. The minimum Gasteiger partial charge on any atom is -0.378 e. The molecule has 0 radical (unpaired) electrons. The molecule has 0 unspecified atom stereocenters. The highest BCUT2D eigenvalue weighted by Crippen LogP contribution is 2.21. The number of nitrogens with one attached hydrogen (secondary N) is 3. The van der Waals surface area contributed by atoms with Gasteiger partial charge in [-0.05, 0) is 68.3 Å². The van der Waals surface area contributed by atoms with Crippen LogP contribution in [0.3, 0.4) is 0 Å². The van der Waals surface area contributed by atoms with E-state index in [1.165, 1.54) is 0 Å². The Hall–Kier alpha value is -3.65. The molecule has 32 heavy (non-hydrogen) atoms. The zero-order chi connectivity index (χ0) is 22.5. The second-order valence-electron chi connectivity index (χ2n) is 7.95. The van der Waals surface area contributed by atoms with Crippen LogP contribution in [-0.4, -0.2) is 42.3 Å². The van der Waals surface area contributed by atoms with E-state index >= 15 is 0 Å². The third-order valence-corrected chi connectivity index (χ3v) is 5.03. The van der Waals surface area contributed by atoms with Crippen molar-refractivity contribution in [3.8, 4) is 0 Å². The Bertz CT molecular complexity index is 1070. The van der Waals surface area contributed by atoms with Crippen LogP contribution in [0.5, 0.6) is 0 Å². The maximum atomic E-state index is 12.3. The number of anilines is 5. The van der Waals surface area contributed by atoms with Gasteiger partial charge in [-0.15, -0.1) is 0 Å². The number of ether oxygens (including phenoxy) is 1. The van der Waals surface area contributed by atoms with Gasteiger partial charge >= 0.3 is 6.03 Å². The van der Waals surface area contributed by atoms with Gasteiger partial charge in [0.05, 0.1) is 13.2 Å². The van der Waals surface area contributed by atoms with Crippen molar-refractivity contribution in [2.75, 3.05) is 47.2 Å². The molecule has 0 saturated carbocycles. The largest absolute Gasteiger partial charge is 0.378 e. The Morgan fingerprint density at radius 3 is 2.16 bits per heavy atom. The van der Waals surface area contributed by atoms with Crippen LogP contribution in [0, 0.1) is 20.8 Å². The minimum absolute atomic E-state index is 0.280. The molecule has 2 amide bonds. The average Bonchev–Trinajstić information content (AvgIpc) is 2.74. The van der Waals surface area contributed by atoms with Crippen LogP contribution in [-0.2, 0) is 4.74 Å². The monoisotopic (exact) mass is 432 g/mol. The van der Waals surface area contributed by atoms with E-state index in [2.05, 4.69) is 36.9 Å². The Kier molecular flexibility index (Phi) is 6.51. The van der Waals surface area contributed by atoms with Crippen LogP contribution in [0.2, 0.25) is 0 Å². The van der Waals surface area contributed by atoms with Crippen molar-refractivity contribution in [1.29, 1.82) is 0 Å². The molecular formula is C24H28N6O2. The number of carbonyl (C=O) groups excluding carboxylic acids is 1. The standard InChI is InChI=1S/C24H28N6O2/c1-16-12-17(2)14-21(13-16)28-24(31)27-20-6-4-19(5-7-20)26-22-15-18(3)25-23(29-22)30-8-10-32-11-9-30/h4-7,12-15H,8-11H2,1-3H3,(H,25,26,29)(H2,27,28,31). The van der Waals surface area contributed by atoms with Gasteiger partial charge in [0.2, 0.25) is 5.95 Å². The molecule has 0 spiro atoms. The Labute approximate surface area is 188 Å². The van der Waals surface area contributed by atoms with Gasteiger partial charge in [-0.25, -0.2) is 9.78 Å². The molecule has 8 nitrogen and oxygen atoms in total. The number of aryl methyl sites for hydroxylation is 3. The highest BCUT2D eigenvalue weighted by Gasteiger charge is 2.15. The molecule has 1 fully saturated rings. The van der Waals surface area contributed by atoms with Gasteiger partial charge in [-0.3, -0.25) is 0 Å². The number of benzene rings is 2. The number of hydrogen-bond donors (Lipinski definition) is 3. The van der Waals surface area contributed by atoms with Gasteiger partial charge in [0.1, 0.15) is 5.82 Å². The average molecular weight is 433 g/mol. The number of morpholine rings is 1. The van der Waals surface area contributed by atoms with Gasteiger partial charge in [0.15, 0.2) is 0 Å². The summed E-state index contributed by atoms with van der Waals surface area (Å²) in [5.74, 6) is 1.43. The van der Waals surface area contributed by atoms with Crippen LogP contribution in [0.1, 0.15) is 16.8 Å². The fraction of sp³-hybridized carbons (Fsp3) is 0.292. The molecule has 3 N–H and O–H groups in total. The van der Waals surface area contributed by atoms with Gasteiger partial charge in [0, 0.05) is 41.9 Å². The van der Waals surface area contributed by atoms with Crippen LogP contribution >= 0.6 is 0 Å². The summed E-state index contributed by atoms with van der Waals surface area (Å²) >= 11 is 0. The van der Waals surface area contributed by atoms with E-state index in [0.717, 1.165) is 47.1 Å². The van der Waals surface area contributed by atoms with E-state index in [4.69, 9.17) is 4.74 Å². The van der Waals surface area contributed by atoms with Gasteiger partial charge in [-0.2, -0.15) is 4.98 Å². The predicted octanol–water partition coefficient (Wildman–Crippen LogP) is 4.63. The maximum absolute atomic E-state index is 12.3. The SMILES string of the molecule is Cc1cc(C)cc(NC(=O)Nc2ccc(Nc3cc(C)nc(N4CCOCC4)n3)cc2)c1. The molecule has 0 aliphatic carbocycles. The van der Waals surface area contributed by atoms with Crippen molar-refractivity contribution in [2.45, 2.75) is 20.8 Å². The zero-order valence-electron chi connectivity index (χ0n) is 18.6. The van der Waals surface area contributed by atoms with Crippen LogP contribution in [0.4, 0.5) is 33.6 Å². The normalized spacial score (nSPS) is 13.5. The highest BCUT2D eigenvalue weighted by atomic mass is 16.5. The molecular weight excluding hydrogens is 404 g/mol. The summed E-state index contributed by atoms with van der Waals surface area (Å²) in [4.78, 5) is 23.7. The number of urea groups is 1. The lowest BCUT2D eigenvalue weighted by atomic mass is 10.1. The Morgan fingerprint density at radius 1 is 0.844 bits per heavy atom. The second kappa shape index (κ2) is 9.65. The topological polar surface area (TPSA) is 91.4 Å². The number of rotatable bonds is 5. The van der Waals surface area contributed by atoms with Crippen molar-refractivity contribution in [1.82, 2.24) is 9.97 Å². The van der Waals surface area contributed by atoms with E-state index in [9.17, 15) is 4.79 Å². The first-order valence-electron chi connectivity index (χ1n) is 10.7. The Balaban J connectivity index is 1.38. The van der Waals surface area contributed by atoms with Crippen LogP contribution in [0.15, 0.2) is 48.5 Å². The molecule has 0 bridgehead atoms. The first-order chi connectivity index (χ1) is 15.4. The summed E-state index contributed by atoms with van der Waals surface area (Å²) in [6.45, 7) is 8.91. The molecule has 166 valence electrons. The highest BCUT2D eigenvalue weighted by molar-refractivity contribution is 5.99. The summed E-state index contributed by atoms with van der Waals surface area (Å²) in [5.41, 5.74) is 5.44. The van der Waals surface area contributed by atoms with E-state index in [0.29, 0.717) is 24.8 Å². The number of hydrogen-bond acceptors (Lipinski definition) is 6. The Morgan fingerprint density at radius 2 is 1.47 bits per heavy atom. The van der Waals surface area contributed by atoms with Crippen LogP contribution < -0.4 is 20.9 Å². The molecule has 1 aliphatic rings. The second-order valence-corrected chi connectivity index (χ2v) is 7.95. The zero-order valence-corrected chi connectivity index (χ0v) is 18.6. The third-order valence-electron chi connectivity index (χ3n) is 5.03. The quantitative estimate of drug-likeness (QED) is 0.545. The number of aromatic nitrogens is 2. The number of nitrogens with zero attached hydrogens (tertiary/aromatic N) is 3. The summed E-state index contributed by atoms with van der Waals surface area (Å²) in [6.07, 6.45) is 0. The summed E-state index contributed by atoms with van der Waals surface area (Å²) in [6, 6.07) is 15.1. The summed E-state index contributed by atoms with van der Waals surface area (Å²) in [5, 5.41) is 9.05. The first-order valence-corrected chi connectivity index (χ1v) is 10.7. The van der Waals surface area contributed by atoms with Crippen molar-refractivity contribution >= 4 is 34.9 Å². The van der Waals surface area contributed by atoms with E-state index in [1.54, 1.807) is 0 Å². The van der Waals surface area contributed by atoms with Gasteiger partial charge < -0.3 is 25.6 Å². The molecule has 4 rings (SSSR count). The smallest absolute Gasteiger partial charge is 0.323 e. The molecule has 8 heteroatoms. The predicted molar refractivity (Wildman–Crippen MR) is 128 cm³/mol. The first kappa shape index (κ1) is 21.6. The van der Waals surface area contributed by atoms with E-state index in [-0.39, 0.29) is 6.03 Å². The maximum Gasteiger partial charge on any atom is 0.323 e. The third kappa shape index (κ3) is 5.73. The van der Waals surface area contributed by atoms with E-state index in [1.807, 2.05) is 63.2 Å². The summed E-state index contributed by atoms with van der Waals surface area (Å²) in [7, 11) is 0. The van der Waals surface area contributed by atoms with Crippen LogP contribution in [0.25, 0.3) is 0 Å². The molecule has 1 aromatic heterocycles. The van der Waals surface area contributed by atoms with Crippen molar-refractivity contribution < 1.29 is 9.53 Å². The lowest BCUT2D eigenvalue weighted by molar-refractivity contribution is 0.122. The molecule has 1 saturated heterocycles. The molecule has 1 aliphatic heterocycles. The molecule has 2 aromatic carbocycles. The fourth-order valence-corrected chi connectivity index (χ4v) is 3.65. The number of amides is 2. The van der Waals surface area contributed by atoms with Crippen molar-refractivity contribution in [3.63, 3.8) is 0 Å². The van der Waals surface area contributed by atoms with Gasteiger partial charge in [-0.1, -0.05) is 6.07 Å². The van der Waals surface area contributed by atoms with E-state index < -0.39 is 0 Å². The number of carbonyl (C=O) groups is 1. The summed E-state index contributed by atoms with van der Waals surface area (Å²) < 4.78 is 5.41. The lowest BCUT2D eigenvalue weighted by Gasteiger charge is -2.27. The molecule has 2 heterocycles. The van der Waals surface area contributed by atoms with Gasteiger partial charge in [0.25, 0.3) is 0 Å². The fourth-order valence-electron chi connectivity index (χ4n) is 3.65. The lowest BCUT2D eigenvalue weighted by Crippen LogP contribution is -2.37. The van der Waals surface area contributed by atoms with Crippen molar-refractivity contribution in [2.24, 2.45) is 0 Å². The van der Waals surface area contributed by atoms with Crippen molar-refractivity contribution in [3.05, 3.63) is 65.4 Å². The minimum atomic E-state index is -0.280.